The van der Waals surface area contributed by atoms with Crippen molar-refractivity contribution in [1.29, 1.82) is 0 Å². The number of nitrogens with two attached hydrogens (primary N) is 2. The lowest BCUT2D eigenvalue weighted by Crippen LogP contribution is -2.53. The normalized spacial score (nSPS) is 24.2. The summed E-state index contributed by atoms with van der Waals surface area (Å²) in [7, 11) is 7.19. The van der Waals surface area contributed by atoms with E-state index in [4.69, 9.17) is 11.5 Å². The molecule has 1 amide bonds. The van der Waals surface area contributed by atoms with E-state index in [0.29, 0.717) is 49.7 Å². The number of aromatic hydroxyl groups is 1. The minimum absolute atomic E-state index is 0.0781. The number of allylic oxidation sites excluding steroid dienone is 2. The number of amides is 1. The zero-order chi connectivity index (χ0) is 33.0. The monoisotopic (exact) mass is 616 g/mol. The molecule has 240 valence electrons. The summed E-state index contributed by atoms with van der Waals surface area (Å²) in [4.78, 5) is 43.5. The maximum atomic E-state index is 14.2. The molecule has 45 heavy (non-hydrogen) atoms. The molecule has 0 fully saturated rings. The highest BCUT2D eigenvalue weighted by molar-refractivity contribution is 6.22. The van der Waals surface area contributed by atoms with Crippen molar-refractivity contribution in [3.8, 4) is 5.75 Å². The van der Waals surface area contributed by atoms with E-state index in [1.54, 1.807) is 19.0 Å². The van der Waals surface area contributed by atoms with Gasteiger partial charge < -0.3 is 31.7 Å². The fraction of sp³-hybridized carbons (Fsp3) is 0.457. The summed E-state index contributed by atoms with van der Waals surface area (Å²) in [5.41, 5.74) is 14.6. The van der Waals surface area contributed by atoms with Crippen LogP contribution in [0.3, 0.4) is 0 Å². The summed E-state index contributed by atoms with van der Waals surface area (Å²) in [6.45, 7) is 2.01. The van der Waals surface area contributed by atoms with Crippen LogP contribution in [0.5, 0.6) is 5.75 Å². The number of aryl methyl sites for hydroxylation is 1. The maximum absolute atomic E-state index is 14.2. The van der Waals surface area contributed by atoms with Crippen molar-refractivity contribution in [3.63, 3.8) is 0 Å². The van der Waals surface area contributed by atoms with Crippen LogP contribution in [0.2, 0.25) is 0 Å². The van der Waals surface area contributed by atoms with E-state index in [-0.39, 0.29) is 16.9 Å². The van der Waals surface area contributed by atoms with Gasteiger partial charge in [-0.25, -0.2) is 0 Å². The van der Waals surface area contributed by atoms with Gasteiger partial charge in [0.15, 0.2) is 11.6 Å². The van der Waals surface area contributed by atoms with Crippen LogP contribution in [-0.2, 0) is 28.9 Å². The number of hydrogen-bond donors (Lipinski definition) is 5. The number of phenols is 1. The largest absolute Gasteiger partial charge is 0.511 e. The molecule has 2 aromatic carbocycles. The van der Waals surface area contributed by atoms with Crippen molar-refractivity contribution < 1.29 is 29.7 Å². The Morgan fingerprint density at radius 3 is 2.31 bits per heavy atom. The SMILES string of the molecule is CN(C)c1cc(CCCC(C)(N)Cc2ccccc2)c(O)c2c1CC1CC3C(C(=O)C(C(N)=O)=C(O)[C@H]3N(C)C)C(O)=C1C2=O. The first-order chi connectivity index (χ1) is 21.1. The second-order valence-electron chi connectivity index (χ2n) is 13.6. The average molecular weight is 617 g/mol. The van der Waals surface area contributed by atoms with Crippen LogP contribution >= 0.6 is 0 Å². The Labute approximate surface area is 264 Å². The third kappa shape index (κ3) is 5.73. The zero-order valence-corrected chi connectivity index (χ0v) is 26.6. The lowest BCUT2D eigenvalue weighted by Gasteiger charge is -2.46. The number of rotatable bonds is 9. The number of fused-ring (bicyclic) bond motifs is 3. The van der Waals surface area contributed by atoms with Gasteiger partial charge in [0.25, 0.3) is 5.91 Å². The van der Waals surface area contributed by atoms with Crippen molar-refractivity contribution in [2.24, 2.45) is 29.2 Å². The first kappa shape index (κ1) is 32.2. The van der Waals surface area contributed by atoms with E-state index < -0.39 is 63.9 Å². The Morgan fingerprint density at radius 1 is 1.04 bits per heavy atom. The van der Waals surface area contributed by atoms with Gasteiger partial charge in [-0.3, -0.25) is 19.3 Å². The first-order valence-corrected chi connectivity index (χ1v) is 15.4. The number of anilines is 1. The molecule has 0 heterocycles. The molecular formula is C35H44N4O6. The highest BCUT2D eigenvalue weighted by atomic mass is 16.3. The Kier molecular flexibility index (Phi) is 8.59. The third-order valence-electron chi connectivity index (χ3n) is 9.75. The molecule has 0 radical (unpaired) electrons. The molecular weight excluding hydrogens is 572 g/mol. The smallest absolute Gasteiger partial charge is 0.255 e. The van der Waals surface area contributed by atoms with Crippen molar-refractivity contribution in [3.05, 3.63) is 81.3 Å². The van der Waals surface area contributed by atoms with Gasteiger partial charge in [-0.15, -0.1) is 0 Å². The van der Waals surface area contributed by atoms with Crippen LogP contribution in [-0.4, -0.2) is 77.5 Å². The quantitative estimate of drug-likeness (QED) is 0.265. The van der Waals surface area contributed by atoms with Crippen molar-refractivity contribution in [1.82, 2.24) is 4.90 Å². The van der Waals surface area contributed by atoms with Gasteiger partial charge in [0.1, 0.15) is 22.8 Å². The average Bonchev–Trinajstić information content (AvgIpc) is 2.93. The molecule has 5 atom stereocenters. The van der Waals surface area contributed by atoms with E-state index in [1.807, 2.05) is 50.2 Å². The second kappa shape index (κ2) is 12.0. The molecule has 4 unspecified atom stereocenters. The highest BCUT2D eigenvalue weighted by Gasteiger charge is 2.54. The van der Waals surface area contributed by atoms with E-state index in [0.717, 1.165) is 11.3 Å². The Morgan fingerprint density at radius 2 is 1.71 bits per heavy atom. The summed E-state index contributed by atoms with van der Waals surface area (Å²) in [6, 6.07) is 11.2. The van der Waals surface area contributed by atoms with Gasteiger partial charge in [0, 0.05) is 30.9 Å². The fourth-order valence-corrected chi connectivity index (χ4v) is 7.79. The van der Waals surface area contributed by atoms with Crippen LogP contribution in [0.25, 0.3) is 0 Å². The molecule has 0 saturated carbocycles. The minimum Gasteiger partial charge on any atom is -0.511 e. The standard InChI is InChI=1S/C35H44N4O6/c1-35(37,17-18-10-7-6-8-11-18)13-9-12-19-16-23(38(2)3)21-14-20-15-22-26(31(42)24(20)30(41)25(21)29(19)40)32(43)27(34(36)45)33(44)28(22)39(4)5/h6-8,10-11,16,20,22,26,28,40,42,44H,9,12-15,17,37H2,1-5H3,(H2,36,45)/t20?,22?,26?,28-,35?/m0/s1. The van der Waals surface area contributed by atoms with E-state index in [2.05, 4.69) is 12.1 Å². The molecule has 0 spiro atoms. The molecule has 7 N–H and O–H groups in total. The van der Waals surface area contributed by atoms with E-state index in [1.165, 1.54) is 0 Å². The lowest BCUT2D eigenvalue weighted by molar-refractivity contribution is -0.127. The number of likely N-dealkylation sites (N-methyl/N-ethyl adjacent to an activating group) is 1. The van der Waals surface area contributed by atoms with Crippen LogP contribution in [0.1, 0.15) is 53.2 Å². The summed E-state index contributed by atoms with van der Waals surface area (Å²) in [5.74, 6) is -5.60. The summed E-state index contributed by atoms with van der Waals surface area (Å²) in [5, 5.41) is 34.1. The summed E-state index contributed by atoms with van der Waals surface area (Å²) < 4.78 is 0. The predicted octanol–water partition coefficient (Wildman–Crippen LogP) is 3.35. The fourth-order valence-electron chi connectivity index (χ4n) is 7.79. The van der Waals surface area contributed by atoms with Gasteiger partial charge in [0.2, 0.25) is 0 Å². The van der Waals surface area contributed by atoms with Crippen LogP contribution in [0.4, 0.5) is 5.69 Å². The van der Waals surface area contributed by atoms with Crippen LogP contribution in [0, 0.1) is 17.8 Å². The number of Topliss-reactive ketones (excluding diaryl/α,β-unsaturated/α-hetero) is 2. The molecule has 2 aromatic rings. The van der Waals surface area contributed by atoms with Gasteiger partial charge in [-0.05, 0) is 94.1 Å². The van der Waals surface area contributed by atoms with Gasteiger partial charge in [0.05, 0.1) is 17.5 Å². The molecule has 10 heteroatoms. The van der Waals surface area contributed by atoms with Crippen molar-refractivity contribution in [2.45, 2.75) is 57.0 Å². The lowest BCUT2D eigenvalue weighted by atomic mass is 9.60. The Bertz CT molecular complexity index is 1610. The molecule has 0 bridgehead atoms. The number of aliphatic hydroxyl groups is 2. The zero-order valence-electron chi connectivity index (χ0n) is 26.6. The first-order valence-electron chi connectivity index (χ1n) is 15.4. The van der Waals surface area contributed by atoms with Crippen molar-refractivity contribution >= 4 is 23.2 Å². The number of hydrogen-bond acceptors (Lipinski definition) is 9. The van der Waals surface area contributed by atoms with E-state index >= 15 is 0 Å². The molecule has 3 aliphatic carbocycles. The number of aliphatic hydroxyl groups excluding tert-OH is 2. The Hall–Kier alpha value is -4.15. The number of nitrogens with zero attached hydrogens (tertiary/aromatic N) is 2. The second-order valence-corrected chi connectivity index (χ2v) is 13.6. The summed E-state index contributed by atoms with van der Waals surface area (Å²) in [6.07, 6.45) is 3.23. The number of benzene rings is 2. The molecule has 0 aliphatic heterocycles. The molecule has 5 rings (SSSR count). The minimum atomic E-state index is -1.21. The number of primary amides is 1. The van der Waals surface area contributed by atoms with Crippen LogP contribution in [0.15, 0.2) is 59.1 Å². The maximum Gasteiger partial charge on any atom is 0.255 e. The molecule has 0 aromatic heterocycles. The topological polar surface area (TPSA) is 170 Å². The Balaban J connectivity index is 1.50. The molecule has 3 aliphatic rings. The number of phenolic OH excluding ortho intramolecular Hbond substituents is 1. The van der Waals surface area contributed by atoms with Gasteiger partial charge >= 0.3 is 0 Å². The van der Waals surface area contributed by atoms with Gasteiger partial charge in [-0.2, -0.15) is 0 Å². The van der Waals surface area contributed by atoms with E-state index in [9.17, 15) is 29.7 Å². The molecule has 10 nitrogen and oxygen atoms in total. The van der Waals surface area contributed by atoms with Crippen molar-refractivity contribution in [2.75, 3.05) is 33.1 Å². The van der Waals surface area contributed by atoms with Crippen LogP contribution < -0.4 is 16.4 Å². The van der Waals surface area contributed by atoms with Gasteiger partial charge in [-0.1, -0.05) is 30.3 Å². The summed E-state index contributed by atoms with van der Waals surface area (Å²) >= 11 is 0. The highest BCUT2D eigenvalue weighted by Crippen LogP contribution is 2.52. The number of carbonyl (C=O) groups is 3. The predicted molar refractivity (Wildman–Crippen MR) is 172 cm³/mol. The number of carbonyl (C=O) groups excluding carboxylic acids is 3. The molecule has 0 saturated heterocycles. The third-order valence-corrected chi connectivity index (χ3v) is 9.75. The number of ketones is 2.